The van der Waals surface area contributed by atoms with E-state index in [1.54, 1.807) is 12.3 Å². The second-order valence-electron chi connectivity index (χ2n) is 6.00. The summed E-state index contributed by atoms with van der Waals surface area (Å²) in [6.07, 6.45) is 0.241. The molecule has 1 saturated heterocycles. The van der Waals surface area contributed by atoms with Gasteiger partial charge in [0.25, 0.3) is 5.91 Å². The predicted molar refractivity (Wildman–Crippen MR) is 98.6 cm³/mol. The number of carbonyl (C=O) groups is 1. The Morgan fingerprint density at radius 1 is 1.35 bits per heavy atom. The zero-order valence-electron chi connectivity index (χ0n) is 13.8. The van der Waals surface area contributed by atoms with Crippen molar-refractivity contribution in [3.05, 3.63) is 40.9 Å². The molecule has 1 aliphatic heterocycles. The number of anilines is 1. The maximum atomic E-state index is 12.5. The van der Waals surface area contributed by atoms with Gasteiger partial charge in [-0.15, -0.1) is 11.3 Å². The number of carbonyl (C=O) groups excluding carboxylic acids is 1. The monoisotopic (exact) mass is 415 g/mol. The molecule has 1 aliphatic rings. The van der Waals surface area contributed by atoms with E-state index in [0.29, 0.717) is 5.13 Å². The van der Waals surface area contributed by atoms with Crippen LogP contribution in [0.1, 0.15) is 22.5 Å². The van der Waals surface area contributed by atoms with Crippen molar-refractivity contribution in [1.29, 1.82) is 0 Å². The molecule has 3 rings (SSSR count). The van der Waals surface area contributed by atoms with Crippen molar-refractivity contribution in [1.82, 2.24) is 9.71 Å². The summed E-state index contributed by atoms with van der Waals surface area (Å²) < 4.78 is 50.4. The number of aryl methyl sites for hydroxylation is 1. The first-order valence-corrected chi connectivity index (χ1v) is 11.9. The predicted octanol–water partition coefficient (Wildman–Crippen LogP) is 1.17. The van der Waals surface area contributed by atoms with Crippen LogP contribution in [0.4, 0.5) is 5.13 Å². The van der Waals surface area contributed by atoms with E-state index in [1.165, 1.54) is 35.6 Å². The van der Waals surface area contributed by atoms with Crippen molar-refractivity contribution in [3.8, 4) is 0 Å². The largest absolute Gasteiger partial charge is 0.298 e. The Morgan fingerprint density at radius 2 is 2.12 bits per heavy atom. The number of benzene rings is 1. The highest BCUT2D eigenvalue weighted by atomic mass is 32.2. The van der Waals surface area contributed by atoms with E-state index in [1.807, 2.05) is 0 Å². The van der Waals surface area contributed by atoms with Crippen LogP contribution in [0.5, 0.6) is 0 Å². The van der Waals surface area contributed by atoms with Crippen LogP contribution in [0.2, 0.25) is 0 Å². The lowest BCUT2D eigenvalue weighted by molar-refractivity contribution is 0.102. The van der Waals surface area contributed by atoms with Gasteiger partial charge in [0.1, 0.15) is 0 Å². The maximum absolute atomic E-state index is 12.5. The Bertz CT molecular complexity index is 1040. The van der Waals surface area contributed by atoms with Gasteiger partial charge in [-0.3, -0.25) is 10.1 Å². The molecule has 2 heterocycles. The average Bonchev–Trinajstić information content (AvgIpc) is 3.12. The number of sulfone groups is 1. The van der Waals surface area contributed by atoms with Crippen LogP contribution in [0.25, 0.3) is 0 Å². The fourth-order valence-electron chi connectivity index (χ4n) is 2.56. The summed E-state index contributed by atoms with van der Waals surface area (Å²) in [5, 5.41) is 4.83. The number of sulfonamides is 1. The first-order valence-electron chi connectivity index (χ1n) is 7.71. The molecule has 0 bridgehead atoms. The van der Waals surface area contributed by atoms with Crippen molar-refractivity contribution in [2.45, 2.75) is 24.3 Å². The van der Waals surface area contributed by atoms with Gasteiger partial charge in [-0.05, 0) is 31.5 Å². The zero-order valence-corrected chi connectivity index (χ0v) is 16.2. The minimum atomic E-state index is -3.93. The first-order chi connectivity index (χ1) is 12.1. The molecular weight excluding hydrogens is 398 g/mol. The van der Waals surface area contributed by atoms with E-state index < -0.39 is 31.8 Å². The van der Waals surface area contributed by atoms with Gasteiger partial charge in [0.15, 0.2) is 15.0 Å². The van der Waals surface area contributed by atoms with E-state index in [4.69, 9.17) is 0 Å². The SMILES string of the molecule is Cc1csc(NC(=O)c2cccc(S(=O)(=O)NC3CCS(=O)(=O)C3)c2)n1. The minimum Gasteiger partial charge on any atom is -0.298 e. The topological polar surface area (TPSA) is 122 Å². The minimum absolute atomic E-state index is 0.0319. The molecule has 1 aromatic heterocycles. The van der Waals surface area contributed by atoms with E-state index in [0.717, 1.165) is 5.69 Å². The first kappa shape index (κ1) is 19.0. The highest BCUT2D eigenvalue weighted by Crippen LogP contribution is 2.19. The van der Waals surface area contributed by atoms with Gasteiger partial charge in [0, 0.05) is 17.0 Å². The van der Waals surface area contributed by atoms with E-state index in [9.17, 15) is 21.6 Å². The molecule has 2 aromatic rings. The fraction of sp³-hybridized carbons (Fsp3) is 0.333. The Kier molecular flexibility index (Phi) is 5.15. The van der Waals surface area contributed by atoms with Crippen molar-refractivity contribution in [2.24, 2.45) is 0 Å². The molecule has 2 N–H and O–H groups in total. The van der Waals surface area contributed by atoms with E-state index in [-0.39, 0.29) is 28.4 Å². The number of nitrogens with zero attached hydrogens (tertiary/aromatic N) is 1. The summed E-state index contributed by atoms with van der Waals surface area (Å²) in [5.74, 6) is -0.717. The zero-order chi connectivity index (χ0) is 18.9. The van der Waals surface area contributed by atoms with Gasteiger partial charge in [0.05, 0.1) is 22.1 Å². The summed E-state index contributed by atoms with van der Waals surface area (Å²) in [5.41, 5.74) is 0.942. The lowest BCUT2D eigenvalue weighted by Gasteiger charge is -2.12. The molecule has 1 atom stereocenters. The quantitative estimate of drug-likeness (QED) is 0.756. The van der Waals surface area contributed by atoms with Gasteiger partial charge in [0.2, 0.25) is 10.0 Å². The summed E-state index contributed by atoms with van der Waals surface area (Å²) in [6.45, 7) is 1.80. The number of thiazole rings is 1. The highest BCUT2D eigenvalue weighted by Gasteiger charge is 2.31. The van der Waals surface area contributed by atoms with Crippen LogP contribution in [0.3, 0.4) is 0 Å². The van der Waals surface area contributed by atoms with Crippen molar-refractivity contribution in [2.75, 3.05) is 16.8 Å². The number of amides is 1. The van der Waals surface area contributed by atoms with Crippen molar-refractivity contribution < 1.29 is 21.6 Å². The third-order valence-corrected chi connectivity index (χ3v) is 7.96. The Balaban J connectivity index is 1.76. The molecule has 1 aromatic carbocycles. The number of hydrogen-bond acceptors (Lipinski definition) is 7. The molecular formula is C15H17N3O5S3. The van der Waals surface area contributed by atoms with E-state index >= 15 is 0 Å². The smallest absolute Gasteiger partial charge is 0.257 e. The lowest BCUT2D eigenvalue weighted by Crippen LogP contribution is -2.35. The number of rotatable bonds is 5. The third kappa shape index (κ3) is 4.47. The molecule has 26 heavy (non-hydrogen) atoms. The summed E-state index contributed by atoms with van der Waals surface area (Å²) >= 11 is 1.27. The van der Waals surface area contributed by atoms with Crippen LogP contribution in [0, 0.1) is 6.92 Å². The Labute approximate surface area is 155 Å². The molecule has 11 heteroatoms. The number of hydrogen-bond donors (Lipinski definition) is 2. The molecule has 0 saturated carbocycles. The second kappa shape index (κ2) is 7.06. The molecule has 8 nitrogen and oxygen atoms in total. The van der Waals surface area contributed by atoms with Crippen LogP contribution >= 0.6 is 11.3 Å². The van der Waals surface area contributed by atoms with Gasteiger partial charge >= 0.3 is 0 Å². The molecule has 0 spiro atoms. The molecule has 1 unspecified atom stereocenters. The normalized spacial score (nSPS) is 19.3. The Hall–Kier alpha value is -1.82. The van der Waals surface area contributed by atoms with Crippen LogP contribution < -0.4 is 10.0 Å². The highest BCUT2D eigenvalue weighted by molar-refractivity contribution is 7.92. The maximum Gasteiger partial charge on any atom is 0.257 e. The van der Waals surface area contributed by atoms with Gasteiger partial charge in [-0.1, -0.05) is 6.07 Å². The van der Waals surface area contributed by atoms with E-state index in [2.05, 4.69) is 15.0 Å². The Morgan fingerprint density at radius 3 is 2.73 bits per heavy atom. The van der Waals surface area contributed by atoms with Crippen LogP contribution in [-0.2, 0) is 19.9 Å². The molecule has 0 radical (unpaired) electrons. The molecule has 140 valence electrons. The lowest BCUT2D eigenvalue weighted by atomic mass is 10.2. The number of nitrogens with one attached hydrogen (secondary N) is 2. The third-order valence-electron chi connectivity index (χ3n) is 3.80. The standard InChI is InChI=1S/C15H17N3O5S3/c1-10-8-24-15(16-10)17-14(19)11-3-2-4-13(7-11)26(22,23)18-12-5-6-25(20,21)9-12/h2-4,7-8,12,18H,5-6,9H2,1H3,(H,16,17,19). The second-order valence-corrected chi connectivity index (χ2v) is 10.8. The summed E-state index contributed by atoms with van der Waals surface area (Å²) in [6, 6.07) is 4.91. The molecule has 1 fully saturated rings. The van der Waals surface area contributed by atoms with Gasteiger partial charge in [-0.25, -0.2) is 26.5 Å². The van der Waals surface area contributed by atoms with Crippen LogP contribution in [-0.4, -0.2) is 45.3 Å². The molecule has 0 aliphatic carbocycles. The van der Waals surface area contributed by atoms with Gasteiger partial charge < -0.3 is 0 Å². The fourth-order valence-corrected chi connectivity index (χ4v) is 6.34. The van der Waals surface area contributed by atoms with Crippen molar-refractivity contribution >= 4 is 42.2 Å². The van der Waals surface area contributed by atoms with Gasteiger partial charge in [-0.2, -0.15) is 0 Å². The average molecular weight is 416 g/mol. The summed E-state index contributed by atoms with van der Waals surface area (Å²) in [7, 11) is -7.13. The van der Waals surface area contributed by atoms with Crippen LogP contribution in [0.15, 0.2) is 34.5 Å². The van der Waals surface area contributed by atoms with Crippen molar-refractivity contribution in [3.63, 3.8) is 0 Å². The molecule has 1 amide bonds. The number of aromatic nitrogens is 1. The summed E-state index contributed by atoms with van der Waals surface area (Å²) in [4.78, 5) is 16.3.